The molecule has 0 fully saturated rings. The molecule has 0 aromatic heterocycles. The van der Waals surface area contributed by atoms with E-state index in [9.17, 15) is 4.79 Å². The summed E-state index contributed by atoms with van der Waals surface area (Å²) in [5.74, 6) is 2.15. The van der Waals surface area contributed by atoms with Crippen LogP contribution in [-0.4, -0.2) is 32.7 Å². The van der Waals surface area contributed by atoms with E-state index in [2.05, 4.69) is 24.5 Å². The minimum absolute atomic E-state index is 0.0274. The minimum Gasteiger partial charge on any atom is -0.497 e. The number of fused-ring (bicyclic) bond motifs is 1. The molecule has 5 nitrogen and oxygen atoms in total. The lowest BCUT2D eigenvalue weighted by Crippen LogP contribution is -2.38. The number of methoxy groups -OCH3 is 1. The average molecular weight is 292 g/mol. The van der Waals surface area contributed by atoms with Gasteiger partial charge >= 0.3 is 0 Å². The van der Waals surface area contributed by atoms with Crippen molar-refractivity contribution >= 4 is 5.91 Å². The Morgan fingerprint density at radius 2 is 2.29 bits per heavy atom. The molecule has 116 valence electrons. The van der Waals surface area contributed by atoms with Crippen LogP contribution in [-0.2, 0) is 4.79 Å². The normalized spacial score (nSPS) is 17.0. The molecule has 1 aromatic carbocycles. The highest BCUT2D eigenvalue weighted by Gasteiger charge is 2.22. The molecule has 21 heavy (non-hydrogen) atoms. The average Bonchev–Trinajstić information content (AvgIpc) is 2.50. The summed E-state index contributed by atoms with van der Waals surface area (Å²) >= 11 is 0. The fraction of sp³-hybridized carbons (Fsp3) is 0.562. The zero-order valence-electron chi connectivity index (χ0n) is 12.9. The van der Waals surface area contributed by atoms with Gasteiger partial charge in [-0.25, -0.2) is 0 Å². The van der Waals surface area contributed by atoms with Crippen molar-refractivity contribution in [1.29, 1.82) is 0 Å². The van der Waals surface area contributed by atoms with Crippen LogP contribution in [0.3, 0.4) is 0 Å². The van der Waals surface area contributed by atoms with Crippen LogP contribution in [0.4, 0.5) is 0 Å². The van der Waals surface area contributed by atoms with E-state index in [1.54, 1.807) is 7.11 Å². The molecule has 0 spiro atoms. The molecule has 1 aromatic rings. The van der Waals surface area contributed by atoms with E-state index in [4.69, 9.17) is 9.47 Å². The van der Waals surface area contributed by atoms with Crippen LogP contribution in [0, 0.1) is 5.92 Å². The molecule has 0 bridgehead atoms. The summed E-state index contributed by atoms with van der Waals surface area (Å²) in [6.07, 6.45) is 0.845. The van der Waals surface area contributed by atoms with Gasteiger partial charge in [-0.15, -0.1) is 0 Å². The first-order valence-electron chi connectivity index (χ1n) is 7.41. The van der Waals surface area contributed by atoms with Crippen molar-refractivity contribution in [3.63, 3.8) is 0 Å². The largest absolute Gasteiger partial charge is 0.497 e. The van der Waals surface area contributed by atoms with Crippen molar-refractivity contribution in [2.45, 2.75) is 26.3 Å². The van der Waals surface area contributed by atoms with E-state index < -0.39 is 0 Å². The van der Waals surface area contributed by atoms with Gasteiger partial charge in [-0.2, -0.15) is 0 Å². The maximum absolute atomic E-state index is 11.8. The first-order valence-corrected chi connectivity index (χ1v) is 7.41. The molecule has 1 unspecified atom stereocenters. The van der Waals surface area contributed by atoms with Crippen LogP contribution in [0.1, 0.15) is 31.9 Å². The maximum Gasteiger partial charge on any atom is 0.233 e. The third kappa shape index (κ3) is 4.36. The SMILES string of the molecule is COc1ccc2c(c1)C(NCC(=O)NCC(C)C)CCO2. The van der Waals surface area contributed by atoms with Gasteiger partial charge < -0.3 is 20.1 Å². The van der Waals surface area contributed by atoms with E-state index in [1.165, 1.54) is 0 Å². The van der Waals surface area contributed by atoms with Gasteiger partial charge in [0, 0.05) is 24.6 Å². The summed E-state index contributed by atoms with van der Waals surface area (Å²) in [7, 11) is 1.65. The lowest BCUT2D eigenvalue weighted by Gasteiger charge is -2.27. The predicted octanol–water partition coefficient (Wildman–Crippen LogP) is 1.88. The van der Waals surface area contributed by atoms with E-state index in [-0.39, 0.29) is 11.9 Å². The van der Waals surface area contributed by atoms with Gasteiger partial charge in [0.1, 0.15) is 11.5 Å². The summed E-state index contributed by atoms with van der Waals surface area (Å²) in [5.41, 5.74) is 1.05. The van der Waals surface area contributed by atoms with Gasteiger partial charge in [-0.3, -0.25) is 4.79 Å². The molecule has 0 saturated carbocycles. The fourth-order valence-corrected chi connectivity index (χ4v) is 2.31. The molecule has 2 rings (SSSR count). The highest BCUT2D eigenvalue weighted by Crippen LogP contribution is 2.34. The Hall–Kier alpha value is -1.75. The van der Waals surface area contributed by atoms with Crippen LogP contribution in [0.15, 0.2) is 18.2 Å². The Labute approximate surface area is 126 Å². The van der Waals surface area contributed by atoms with Crippen molar-refractivity contribution in [3.8, 4) is 11.5 Å². The molecule has 1 atom stereocenters. The first kappa shape index (κ1) is 15.6. The topological polar surface area (TPSA) is 59.6 Å². The van der Waals surface area contributed by atoms with Gasteiger partial charge in [-0.1, -0.05) is 13.8 Å². The molecule has 1 aliphatic heterocycles. The third-order valence-electron chi connectivity index (χ3n) is 3.47. The number of carbonyl (C=O) groups is 1. The van der Waals surface area contributed by atoms with Crippen molar-refractivity contribution in [1.82, 2.24) is 10.6 Å². The zero-order chi connectivity index (χ0) is 15.2. The molecular formula is C16H24N2O3. The second-order valence-corrected chi connectivity index (χ2v) is 5.67. The molecule has 1 heterocycles. The van der Waals surface area contributed by atoms with Gasteiger partial charge in [0.2, 0.25) is 5.91 Å². The Balaban J connectivity index is 1.95. The smallest absolute Gasteiger partial charge is 0.233 e. The standard InChI is InChI=1S/C16H24N2O3/c1-11(2)9-18-16(19)10-17-14-6-7-21-15-5-4-12(20-3)8-13(14)15/h4-5,8,11,14,17H,6-7,9-10H2,1-3H3,(H,18,19). The van der Waals surface area contributed by atoms with Crippen molar-refractivity contribution in [2.75, 3.05) is 26.8 Å². The molecule has 1 aliphatic rings. The van der Waals surface area contributed by atoms with E-state index in [0.29, 0.717) is 25.6 Å². The quantitative estimate of drug-likeness (QED) is 0.840. The van der Waals surface area contributed by atoms with Crippen LogP contribution < -0.4 is 20.1 Å². The summed E-state index contributed by atoms with van der Waals surface area (Å²) in [6, 6.07) is 5.89. The Kier molecular flexibility index (Phi) is 5.44. The minimum atomic E-state index is 0.0274. The second kappa shape index (κ2) is 7.31. The second-order valence-electron chi connectivity index (χ2n) is 5.67. The third-order valence-corrected chi connectivity index (χ3v) is 3.47. The number of nitrogens with one attached hydrogen (secondary N) is 2. The molecular weight excluding hydrogens is 268 g/mol. The van der Waals surface area contributed by atoms with E-state index >= 15 is 0 Å². The number of ether oxygens (including phenoxy) is 2. The summed E-state index contributed by atoms with van der Waals surface area (Å²) in [4.78, 5) is 11.8. The fourth-order valence-electron chi connectivity index (χ4n) is 2.31. The summed E-state index contributed by atoms with van der Waals surface area (Å²) in [6.45, 7) is 5.83. The molecule has 2 N–H and O–H groups in total. The maximum atomic E-state index is 11.8. The van der Waals surface area contributed by atoms with E-state index in [1.807, 2.05) is 18.2 Å². The van der Waals surface area contributed by atoms with Crippen LogP contribution in [0.2, 0.25) is 0 Å². The number of amides is 1. The van der Waals surface area contributed by atoms with Crippen molar-refractivity contribution in [3.05, 3.63) is 23.8 Å². The molecule has 1 amide bonds. The Morgan fingerprint density at radius 1 is 1.48 bits per heavy atom. The van der Waals surface area contributed by atoms with E-state index in [0.717, 1.165) is 23.5 Å². The first-order chi connectivity index (χ1) is 10.1. The zero-order valence-corrected chi connectivity index (χ0v) is 12.9. The van der Waals surface area contributed by atoms with Crippen LogP contribution in [0.25, 0.3) is 0 Å². The van der Waals surface area contributed by atoms with Gasteiger partial charge in [0.15, 0.2) is 0 Å². The van der Waals surface area contributed by atoms with Gasteiger partial charge in [-0.05, 0) is 24.1 Å². The van der Waals surface area contributed by atoms with Crippen LogP contribution in [0.5, 0.6) is 11.5 Å². The Bertz CT molecular complexity index is 488. The number of benzene rings is 1. The predicted molar refractivity (Wildman–Crippen MR) is 81.7 cm³/mol. The highest BCUT2D eigenvalue weighted by atomic mass is 16.5. The number of carbonyl (C=O) groups excluding carboxylic acids is 1. The highest BCUT2D eigenvalue weighted by molar-refractivity contribution is 5.78. The molecule has 0 radical (unpaired) electrons. The monoisotopic (exact) mass is 292 g/mol. The molecule has 5 heteroatoms. The summed E-state index contributed by atoms with van der Waals surface area (Å²) in [5, 5.41) is 6.22. The lowest BCUT2D eigenvalue weighted by atomic mass is 10.00. The molecule has 0 aliphatic carbocycles. The van der Waals surface area contributed by atoms with Gasteiger partial charge in [0.25, 0.3) is 0 Å². The number of rotatable bonds is 6. The number of hydrogen-bond donors (Lipinski definition) is 2. The van der Waals surface area contributed by atoms with Crippen LogP contribution >= 0.6 is 0 Å². The van der Waals surface area contributed by atoms with Crippen molar-refractivity contribution < 1.29 is 14.3 Å². The lowest BCUT2D eigenvalue weighted by molar-refractivity contribution is -0.120. The summed E-state index contributed by atoms with van der Waals surface area (Å²) < 4.78 is 10.9. The van der Waals surface area contributed by atoms with Gasteiger partial charge in [0.05, 0.1) is 20.3 Å². The Morgan fingerprint density at radius 3 is 3.00 bits per heavy atom. The number of hydrogen-bond acceptors (Lipinski definition) is 4. The van der Waals surface area contributed by atoms with Crippen molar-refractivity contribution in [2.24, 2.45) is 5.92 Å². The molecule has 0 saturated heterocycles.